The highest BCUT2D eigenvalue weighted by molar-refractivity contribution is 5.95. The van der Waals surface area contributed by atoms with E-state index in [1.165, 1.54) is 0 Å². The first-order chi connectivity index (χ1) is 11.3. The number of pyridine rings is 1. The summed E-state index contributed by atoms with van der Waals surface area (Å²) in [5.74, 6) is -3.14. The maximum atomic E-state index is 12.9. The molecule has 2 heterocycles. The van der Waals surface area contributed by atoms with Gasteiger partial charge in [0.15, 0.2) is 0 Å². The highest BCUT2D eigenvalue weighted by Crippen LogP contribution is 2.31. The van der Waals surface area contributed by atoms with Crippen LogP contribution < -0.4 is 5.32 Å². The van der Waals surface area contributed by atoms with Gasteiger partial charge in [0, 0.05) is 32.2 Å². The first-order valence-corrected chi connectivity index (χ1v) is 7.40. The van der Waals surface area contributed by atoms with Gasteiger partial charge in [-0.3, -0.25) is 14.6 Å². The number of nitrogens with zero attached hydrogens (tertiary/aromatic N) is 1. The number of hydrogen-bond acceptors (Lipinski definition) is 4. The molecule has 0 aromatic carbocycles. The van der Waals surface area contributed by atoms with E-state index < -0.39 is 35.1 Å². The third-order valence-electron chi connectivity index (χ3n) is 4.01. The van der Waals surface area contributed by atoms with Crippen molar-refractivity contribution >= 4 is 11.9 Å². The Hall–Kier alpha value is -2.16. The molecule has 6 nitrogen and oxygen atoms in total. The summed E-state index contributed by atoms with van der Waals surface area (Å²) in [6.07, 6.45) is -1.85. The Morgan fingerprint density at radius 1 is 1.38 bits per heavy atom. The molecule has 1 saturated heterocycles. The van der Waals surface area contributed by atoms with Crippen LogP contribution in [0.4, 0.5) is 13.2 Å². The van der Waals surface area contributed by atoms with Gasteiger partial charge in [-0.25, -0.2) is 0 Å². The van der Waals surface area contributed by atoms with Crippen LogP contribution in [-0.4, -0.2) is 41.7 Å². The van der Waals surface area contributed by atoms with E-state index in [1.807, 2.05) is 0 Å². The number of carbonyl (C=O) groups excluding carboxylic acids is 1. The summed E-state index contributed by atoms with van der Waals surface area (Å²) >= 11 is 0. The molecule has 1 aromatic heterocycles. The first kappa shape index (κ1) is 18.2. The second-order valence-electron chi connectivity index (χ2n) is 5.52. The maximum Gasteiger partial charge on any atom is 0.417 e. The summed E-state index contributed by atoms with van der Waals surface area (Å²) in [7, 11) is 0. The largest absolute Gasteiger partial charge is 0.481 e. The van der Waals surface area contributed by atoms with Crippen LogP contribution in [0.3, 0.4) is 0 Å². The topological polar surface area (TPSA) is 88.5 Å². The minimum absolute atomic E-state index is 0.187. The molecular weight excluding hydrogens is 329 g/mol. The van der Waals surface area contributed by atoms with Crippen molar-refractivity contribution in [3.8, 4) is 0 Å². The summed E-state index contributed by atoms with van der Waals surface area (Å²) in [6.45, 7) is 0.622. The number of carbonyl (C=O) groups is 2. The van der Waals surface area contributed by atoms with Crippen molar-refractivity contribution in [3.63, 3.8) is 0 Å². The summed E-state index contributed by atoms with van der Waals surface area (Å²) in [5.41, 5.74) is -1.73. The van der Waals surface area contributed by atoms with Crippen LogP contribution >= 0.6 is 0 Å². The normalized spacial score (nSPS) is 17.3. The maximum absolute atomic E-state index is 12.9. The fraction of sp³-hybridized carbons (Fsp3) is 0.533. The average molecular weight is 346 g/mol. The van der Waals surface area contributed by atoms with Gasteiger partial charge in [-0.05, 0) is 24.8 Å². The molecule has 1 fully saturated rings. The lowest BCUT2D eigenvalue weighted by atomic mass is 9.86. The Morgan fingerprint density at radius 3 is 2.62 bits per heavy atom. The van der Waals surface area contributed by atoms with Crippen LogP contribution in [0, 0.1) is 11.8 Å². The van der Waals surface area contributed by atoms with E-state index in [2.05, 4.69) is 10.3 Å². The molecule has 0 aliphatic carbocycles. The van der Waals surface area contributed by atoms with Crippen LogP contribution in [0.15, 0.2) is 18.5 Å². The van der Waals surface area contributed by atoms with E-state index in [4.69, 9.17) is 4.74 Å². The molecule has 1 unspecified atom stereocenters. The van der Waals surface area contributed by atoms with Crippen molar-refractivity contribution in [3.05, 3.63) is 29.6 Å². The Bertz CT molecular complexity index is 601. The highest BCUT2D eigenvalue weighted by Gasteiger charge is 2.36. The summed E-state index contributed by atoms with van der Waals surface area (Å²) in [6, 6.07) is 0.710. The van der Waals surface area contributed by atoms with Gasteiger partial charge in [0.2, 0.25) is 0 Å². The quantitative estimate of drug-likeness (QED) is 0.851. The second kappa shape index (κ2) is 7.61. The molecule has 0 saturated carbocycles. The second-order valence-corrected chi connectivity index (χ2v) is 5.52. The minimum atomic E-state index is -4.69. The zero-order chi connectivity index (χ0) is 17.7. The van der Waals surface area contributed by atoms with Crippen molar-refractivity contribution in [2.75, 3.05) is 19.8 Å². The fourth-order valence-corrected chi connectivity index (χ4v) is 2.69. The molecule has 132 valence electrons. The van der Waals surface area contributed by atoms with Gasteiger partial charge in [0.25, 0.3) is 5.91 Å². The number of ether oxygens (including phenoxy) is 1. The van der Waals surface area contributed by atoms with Crippen molar-refractivity contribution < 1.29 is 32.6 Å². The van der Waals surface area contributed by atoms with E-state index in [-0.39, 0.29) is 12.5 Å². The molecule has 24 heavy (non-hydrogen) atoms. The number of aliphatic carboxylic acids is 1. The molecule has 0 spiro atoms. The van der Waals surface area contributed by atoms with Gasteiger partial charge in [-0.15, -0.1) is 0 Å². The minimum Gasteiger partial charge on any atom is -0.481 e. The Labute approximate surface area is 136 Å². The highest BCUT2D eigenvalue weighted by atomic mass is 19.4. The molecule has 1 amide bonds. The summed E-state index contributed by atoms with van der Waals surface area (Å²) < 4.78 is 43.9. The predicted molar refractivity (Wildman–Crippen MR) is 76.2 cm³/mol. The lowest BCUT2D eigenvalue weighted by Gasteiger charge is -2.27. The molecule has 2 N–H and O–H groups in total. The third-order valence-corrected chi connectivity index (χ3v) is 4.01. The van der Waals surface area contributed by atoms with Gasteiger partial charge in [0.1, 0.15) is 0 Å². The standard InChI is InChI=1S/C15H17F3N2O4/c16-15(17,18)12-1-4-19-7-11(12)13(21)20-8-10(14(22)23)9-2-5-24-6-3-9/h1,4,7,9-10H,2-3,5-6,8H2,(H,20,21)(H,22,23). The third kappa shape index (κ3) is 4.44. The lowest BCUT2D eigenvalue weighted by Crippen LogP contribution is -2.39. The first-order valence-electron chi connectivity index (χ1n) is 7.40. The smallest absolute Gasteiger partial charge is 0.417 e. The number of nitrogens with one attached hydrogen (secondary N) is 1. The number of amides is 1. The molecule has 1 aliphatic heterocycles. The van der Waals surface area contributed by atoms with E-state index in [1.54, 1.807) is 0 Å². The molecule has 1 aromatic rings. The van der Waals surface area contributed by atoms with Gasteiger partial charge in [-0.1, -0.05) is 0 Å². The number of carboxylic acids is 1. The monoisotopic (exact) mass is 346 g/mol. The van der Waals surface area contributed by atoms with E-state index in [0.29, 0.717) is 32.1 Å². The summed E-state index contributed by atoms with van der Waals surface area (Å²) in [5, 5.41) is 11.6. The number of hydrogen-bond donors (Lipinski definition) is 2. The van der Waals surface area contributed by atoms with Crippen LogP contribution in [0.5, 0.6) is 0 Å². The van der Waals surface area contributed by atoms with Crippen molar-refractivity contribution in [1.82, 2.24) is 10.3 Å². The molecule has 1 atom stereocenters. The van der Waals surface area contributed by atoms with E-state index >= 15 is 0 Å². The van der Waals surface area contributed by atoms with Crippen LogP contribution in [0.25, 0.3) is 0 Å². The van der Waals surface area contributed by atoms with Gasteiger partial charge < -0.3 is 15.2 Å². The predicted octanol–water partition coefficient (Wildman–Crippen LogP) is 1.96. The molecule has 1 aliphatic rings. The zero-order valence-electron chi connectivity index (χ0n) is 12.7. The van der Waals surface area contributed by atoms with Crippen LogP contribution in [-0.2, 0) is 15.7 Å². The molecular formula is C15H17F3N2O4. The van der Waals surface area contributed by atoms with Crippen molar-refractivity contribution in [2.45, 2.75) is 19.0 Å². The Kier molecular flexibility index (Phi) is 5.76. The molecule has 2 rings (SSSR count). The average Bonchev–Trinajstić information content (AvgIpc) is 2.54. The molecule has 9 heteroatoms. The fourth-order valence-electron chi connectivity index (χ4n) is 2.69. The number of carboxylic acid groups (broad SMARTS) is 1. The van der Waals surface area contributed by atoms with E-state index in [0.717, 1.165) is 12.4 Å². The molecule has 0 bridgehead atoms. The number of aromatic nitrogens is 1. The van der Waals surface area contributed by atoms with Gasteiger partial charge >= 0.3 is 12.1 Å². The van der Waals surface area contributed by atoms with Gasteiger partial charge in [-0.2, -0.15) is 13.2 Å². The van der Waals surface area contributed by atoms with Crippen LogP contribution in [0.1, 0.15) is 28.8 Å². The van der Waals surface area contributed by atoms with Crippen molar-refractivity contribution in [2.24, 2.45) is 11.8 Å². The summed E-state index contributed by atoms with van der Waals surface area (Å²) in [4.78, 5) is 27.0. The number of rotatable bonds is 5. The SMILES string of the molecule is O=C(NCC(C(=O)O)C1CCOCC1)c1cnccc1C(F)(F)F. The lowest BCUT2D eigenvalue weighted by molar-refractivity contribution is -0.144. The Balaban J connectivity index is 2.07. The number of halogens is 3. The Morgan fingerprint density at radius 2 is 2.04 bits per heavy atom. The van der Waals surface area contributed by atoms with Crippen LogP contribution in [0.2, 0.25) is 0 Å². The molecule has 0 radical (unpaired) electrons. The number of alkyl halides is 3. The van der Waals surface area contributed by atoms with Crippen molar-refractivity contribution in [1.29, 1.82) is 0 Å². The van der Waals surface area contributed by atoms with E-state index in [9.17, 15) is 27.9 Å². The zero-order valence-corrected chi connectivity index (χ0v) is 12.7. The van der Waals surface area contributed by atoms with Gasteiger partial charge in [0.05, 0.1) is 17.0 Å².